The smallest absolute Gasteiger partial charge is 0.167 e. The standard InChI is InChI=1S/C9H10ClNO/c1-5-2-3-6-7(8(5)12)4-11-9(6)10/h4-5,11H,2-3H2,1H3. The molecule has 64 valence electrons. The number of nitrogens with one attached hydrogen (secondary N) is 1. The molecule has 0 saturated heterocycles. The van der Waals surface area contributed by atoms with Crippen molar-refractivity contribution in [3.8, 4) is 0 Å². The molecule has 1 aliphatic rings. The number of carbonyl (C=O) groups excluding carboxylic acids is 1. The van der Waals surface area contributed by atoms with Gasteiger partial charge in [-0.25, -0.2) is 0 Å². The molecule has 0 aromatic carbocycles. The molecule has 0 fully saturated rings. The molecule has 1 aromatic heterocycles. The Kier molecular flexibility index (Phi) is 1.72. The van der Waals surface area contributed by atoms with E-state index in [9.17, 15) is 4.79 Å². The maximum Gasteiger partial charge on any atom is 0.167 e. The third-order valence-electron chi connectivity index (χ3n) is 2.47. The van der Waals surface area contributed by atoms with E-state index in [-0.39, 0.29) is 11.7 Å². The van der Waals surface area contributed by atoms with E-state index in [2.05, 4.69) is 4.98 Å². The predicted molar refractivity (Wildman–Crippen MR) is 47.6 cm³/mol. The number of H-pyrrole nitrogens is 1. The predicted octanol–water partition coefficient (Wildman–Crippen LogP) is 2.43. The lowest BCUT2D eigenvalue weighted by atomic mass is 9.86. The summed E-state index contributed by atoms with van der Waals surface area (Å²) in [5, 5.41) is 0.630. The zero-order chi connectivity index (χ0) is 8.72. The van der Waals surface area contributed by atoms with Gasteiger partial charge in [0.15, 0.2) is 5.78 Å². The normalized spacial score (nSPS) is 22.5. The lowest BCUT2D eigenvalue weighted by molar-refractivity contribution is 0.0914. The molecule has 2 nitrogen and oxygen atoms in total. The largest absolute Gasteiger partial charge is 0.351 e. The van der Waals surface area contributed by atoms with Crippen molar-refractivity contribution in [3.63, 3.8) is 0 Å². The van der Waals surface area contributed by atoms with Gasteiger partial charge in [0.25, 0.3) is 0 Å². The molecule has 1 unspecified atom stereocenters. The minimum atomic E-state index is 0.157. The first kappa shape index (κ1) is 7.87. The van der Waals surface area contributed by atoms with Crippen LogP contribution in [-0.2, 0) is 6.42 Å². The summed E-state index contributed by atoms with van der Waals surface area (Å²) in [5.74, 6) is 0.378. The molecule has 3 heteroatoms. The van der Waals surface area contributed by atoms with Gasteiger partial charge in [0.05, 0.1) is 0 Å². The molecule has 0 aliphatic heterocycles. The first-order chi connectivity index (χ1) is 5.70. The molecule has 1 heterocycles. The second-order valence-electron chi connectivity index (χ2n) is 3.30. The number of aromatic nitrogens is 1. The topological polar surface area (TPSA) is 32.9 Å². The summed E-state index contributed by atoms with van der Waals surface area (Å²) in [5.41, 5.74) is 1.79. The van der Waals surface area contributed by atoms with Gasteiger partial charge < -0.3 is 4.98 Å². The second-order valence-corrected chi connectivity index (χ2v) is 3.68. The summed E-state index contributed by atoms with van der Waals surface area (Å²) in [6.45, 7) is 1.96. The molecular formula is C9H10ClNO. The quantitative estimate of drug-likeness (QED) is 0.659. The van der Waals surface area contributed by atoms with E-state index >= 15 is 0 Å². The first-order valence-electron chi connectivity index (χ1n) is 4.10. The molecule has 12 heavy (non-hydrogen) atoms. The lowest BCUT2D eigenvalue weighted by Gasteiger charge is -2.16. The summed E-state index contributed by atoms with van der Waals surface area (Å²) in [6.07, 6.45) is 3.56. The molecule has 2 rings (SSSR count). The van der Waals surface area contributed by atoms with Gasteiger partial charge in [-0.1, -0.05) is 18.5 Å². The van der Waals surface area contributed by atoms with Crippen molar-refractivity contribution in [1.29, 1.82) is 0 Å². The monoisotopic (exact) mass is 183 g/mol. The molecule has 1 aromatic rings. The van der Waals surface area contributed by atoms with Gasteiger partial charge in [0, 0.05) is 17.7 Å². The van der Waals surface area contributed by atoms with E-state index in [0.717, 1.165) is 24.0 Å². The highest BCUT2D eigenvalue weighted by Gasteiger charge is 2.26. The molecule has 0 spiro atoms. The van der Waals surface area contributed by atoms with Crippen molar-refractivity contribution in [1.82, 2.24) is 4.98 Å². The van der Waals surface area contributed by atoms with Crippen LogP contribution in [0.3, 0.4) is 0 Å². The van der Waals surface area contributed by atoms with Gasteiger partial charge in [-0.3, -0.25) is 4.79 Å². The van der Waals surface area contributed by atoms with Crippen LogP contribution in [0.1, 0.15) is 29.3 Å². The van der Waals surface area contributed by atoms with Crippen LogP contribution in [0.5, 0.6) is 0 Å². The number of rotatable bonds is 0. The van der Waals surface area contributed by atoms with E-state index in [4.69, 9.17) is 11.6 Å². The summed E-state index contributed by atoms with van der Waals surface area (Å²) < 4.78 is 0. The Morgan fingerprint density at radius 2 is 2.42 bits per heavy atom. The van der Waals surface area contributed by atoms with E-state index in [1.54, 1.807) is 6.20 Å². The Morgan fingerprint density at radius 3 is 3.17 bits per heavy atom. The first-order valence-corrected chi connectivity index (χ1v) is 4.48. The third kappa shape index (κ3) is 0.985. The van der Waals surface area contributed by atoms with Crippen LogP contribution in [0.4, 0.5) is 0 Å². The Balaban J connectivity index is 2.50. The SMILES string of the molecule is CC1CCc2c(c[nH]c2Cl)C1=O. The molecule has 0 saturated carbocycles. The number of hydrogen-bond acceptors (Lipinski definition) is 1. The van der Waals surface area contributed by atoms with Crippen molar-refractivity contribution in [2.24, 2.45) is 5.92 Å². The molecule has 1 N–H and O–H groups in total. The molecule has 1 atom stereocenters. The second kappa shape index (κ2) is 2.63. The number of ketones is 1. The molecule has 0 radical (unpaired) electrons. The Hall–Kier alpha value is -0.760. The van der Waals surface area contributed by atoms with Crippen LogP contribution >= 0.6 is 11.6 Å². The number of hydrogen-bond donors (Lipinski definition) is 1. The minimum absolute atomic E-state index is 0.157. The molecule has 1 aliphatic carbocycles. The van der Waals surface area contributed by atoms with Crippen LogP contribution in [0.25, 0.3) is 0 Å². The highest BCUT2D eigenvalue weighted by atomic mass is 35.5. The highest BCUT2D eigenvalue weighted by Crippen LogP contribution is 2.29. The number of aromatic amines is 1. The average molecular weight is 184 g/mol. The van der Waals surface area contributed by atoms with Crippen LogP contribution in [0.15, 0.2) is 6.20 Å². The number of carbonyl (C=O) groups is 1. The van der Waals surface area contributed by atoms with Crippen LogP contribution in [0, 0.1) is 5.92 Å². The van der Waals surface area contributed by atoms with Gasteiger partial charge in [-0.05, 0) is 18.4 Å². The zero-order valence-electron chi connectivity index (χ0n) is 6.86. The van der Waals surface area contributed by atoms with Gasteiger partial charge in [0.1, 0.15) is 5.15 Å². The zero-order valence-corrected chi connectivity index (χ0v) is 7.61. The average Bonchev–Trinajstić information content (AvgIpc) is 2.41. The number of halogens is 1. The number of fused-ring (bicyclic) bond motifs is 1. The fourth-order valence-electron chi connectivity index (χ4n) is 1.65. The van der Waals surface area contributed by atoms with Gasteiger partial charge in [-0.2, -0.15) is 0 Å². The van der Waals surface area contributed by atoms with E-state index in [1.165, 1.54) is 0 Å². The number of Topliss-reactive ketones (excluding diaryl/α,β-unsaturated/α-hetero) is 1. The fourth-order valence-corrected chi connectivity index (χ4v) is 1.90. The van der Waals surface area contributed by atoms with Crippen molar-refractivity contribution >= 4 is 17.4 Å². The van der Waals surface area contributed by atoms with Crippen LogP contribution in [0.2, 0.25) is 5.15 Å². The van der Waals surface area contributed by atoms with Crippen LogP contribution < -0.4 is 0 Å². The van der Waals surface area contributed by atoms with Gasteiger partial charge >= 0.3 is 0 Å². The maximum absolute atomic E-state index is 11.6. The summed E-state index contributed by atoms with van der Waals surface area (Å²) in [6, 6.07) is 0. The molecule has 0 amide bonds. The third-order valence-corrected chi connectivity index (χ3v) is 2.81. The molecular weight excluding hydrogens is 174 g/mol. The molecule has 0 bridgehead atoms. The minimum Gasteiger partial charge on any atom is -0.351 e. The van der Waals surface area contributed by atoms with Gasteiger partial charge in [-0.15, -0.1) is 0 Å². The Bertz CT molecular complexity index is 329. The van der Waals surface area contributed by atoms with Gasteiger partial charge in [0.2, 0.25) is 0 Å². The van der Waals surface area contributed by atoms with Crippen molar-refractivity contribution in [2.75, 3.05) is 0 Å². The van der Waals surface area contributed by atoms with E-state index in [1.807, 2.05) is 6.92 Å². The summed E-state index contributed by atoms with van der Waals surface area (Å²) >= 11 is 5.86. The highest BCUT2D eigenvalue weighted by molar-refractivity contribution is 6.31. The van der Waals surface area contributed by atoms with Crippen molar-refractivity contribution < 1.29 is 4.79 Å². The Morgan fingerprint density at radius 1 is 1.67 bits per heavy atom. The van der Waals surface area contributed by atoms with E-state index < -0.39 is 0 Å². The summed E-state index contributed by atoms with van der Waals surface area (Å²) in [4.78, 5) is 14.4. The van der Waals surface area contributed by atoms with Crippen molar-refractivity contribution in [3.05, 3.63) is 22.5 Å². The Labute approximate surface area is 75.9 Å². The lowest BCUT2D eigenvalue weighted by Crippen LogP contribution is -2.18. The summed E-state index contributed by atoms with van der Waals surface area (Å²) in [7, 11) is 0. The fraction of sp³-hybridized carbons (Fsp3) is 0.444. The maximum atomic E-state index is 11.6. The van der Waals surface area contributed by atoms with Crippen molar-refractivity contribution in [2.45, 2.75) is 19.8 Å². The van der Waals surface area contributed by atoms with E-state index in [0.29, 0.717) is 5.15 Å². The van der Waals surface area contributed by atoms with Crippen LogP contribution in [-0.4, -0.2) is 10.8 Å².